The molecule has 2 rings (SSSR count). The highest BCUT2D eigenvalue weighted by Gasteiger charge is 2.01. The average molecular weight is 320 g/mol. The molecule has 0 saturated heterocycles. The van der Waals surface area contributed by atoms with Crippen LogP contribution in [0.3, 0.4) is 0 Å². The molecule has 0 saturated carbocycles. The van der Waals surface area contributed by atoms with Crippen LogP contribution in [0.2, 0.25) is 0 Å². The predicted octanol–water partition coefficient (Wildman–Crippen LogP) is 1.93. The Hall–Kier alpha value is -2.48. The van der Waals surface area contributed by atoms with Crippen LogP contribution in [0.15, 0.2) is 36.4 Å². The van der Waals surface area contributed by atoms with Crippen molar-refractivity contribution in [3.63, 3.8) is 0 Å². The maximum Gasteiger partial charge on any atom is 0.150 e. The summed E-state index contributed by atoms with van der Waals surface area (Å²) < 4.78 is 15.8. The van der Waals surface area contributed by atoms with Gasteiger partial charge in [-0.2, -0.15) is 0 Å². The van der Waals surface area contributed by atoms with Gasteiger partial charge in [-0.1, -0.05) is 12.1 Å². The number of hydrogen-bond acceptors (Lipinski definition) is 7. The molecular formula is C16H20N2O5. The molecule has 23 heavy (non-hydrogen) atoms. The molecule has 0 aliphatic heterocycles. The lowest BCUT2D eigenvalue weighted by atomic mass is 10.2. The standard InChI is InChI=1S/C16H20N2O5/c17-13-3-1-12(6-16(13)20)8-22-10-23-9-21-7-11-2-4-15(19)14(18)5-11/h1-6,19-20H,7-10,17-18H2. The zero-order valence-electron chi connectivity index (χ0n) is 12.6. The Morgan fingerprint density at radius 1 is 0.696 bits per heavy atom. The Labute approximate surface area is 134 Å². The van der Waals surface area contributed by atoms with Crippen molar-refractivity contribution in [3.05, 3.63) is 47.5 Å². The van der Waals surface area contributed by atoms with E-state index >= 15 is 0 Å². The number of phenols is 2. The first kappa shape index (κ1) is 16.9. The van der Waals surface area contributed by atoms with Crippen molar-refractivity contribution in [1.29, 1.82) is 0 Å². The molecule has 0 bridgehead atoms. The van der Waals surface area contributed by atoms with E-state index < -0.39 is 0 Å². The largest absolute Gasteiger partial charge is 0.506 e. The summed E-state index contributed by atoms with van der Waals surface area (Å²) in [5.74, 6) is 0.0793. The minimum Gasteiger partial charge on any atom is -0.506 e. The van der Waals surface area contributed by atoms with Crippen LogP contribution in [-0.2, 0) is 27.4 Å². The van der Waals surface area contributed by atoms with Gasteiger partial charge in [0.1, 0.15) is 25.1 Å². The Balaban J connectivity index is 1.58. The Kier molecular flexibility index (Phi) is 6.04. The molecule has 124 valence electrons. The van der Waals surface area contributed by atoms with Crippen molar-refractivity contribution < 1.29 is 24.4 Å². The number of anilines is 2. The van der Waals surface area contributed by atoms with Crippen LogP contribution in [0.5, 0.6) is 11.5 Å². The number of nitrogen functional groups attached to an aromatic ring is 2. The fraction of sp³-hybridized carbons (Fsp3) is 0.250. The van der Waals surface area contributed by atoms with E-state index in [1.54, 1.807) is 30.3 Å². The summed E-state index contributed by atoms with van der Waals surface area (Å²) in [6, 6.07) is 9.79. The maximum atomic E-state index is 9.46. The van der Waals surface area contributed by atoms with E-state index in [4.69, 9.17) is 25.7 Å². The number of ether oxygens (including phenoxy) is 3. The maximum absolute atomic E-state index is 9.46. The van der Waals surface area contributed by atoms with Crippen molar-refractivity contribution in [2.75, 3.05) is 25.1 Å². The van der Waals surface area contributed by atoms with E-state index in [1.807, 2.05) is 0 Å². The van der Waals surface area contributed by atoms with Crippen molar-refractivity contribution in [2.45, 2.75) is 13.2 Å². The number of benzene rings is 2. The second kappa shape index (κ2) is 8.23. The Morgan fingerprint density at radius 2 is 1.30 bits per heavy atom. The number of nitrogens with two attached hydrogens (primary N) is 2. The molecule has 0 aliphatic rings. The van der Waals surface area contributed by atoms with Gasteiger partial charge in [-0.15, -0.1) is 0 Å². The molecule has 0 atom stereocenters. The molecule has 0 fully saturated rings. The van der Waals surface area contributed by atoms with E-state index in [-0.39, 0.29) is 25.1 Å². The molecule has 0 heterocycles. The summed E-state index contributed by atoms with van der Waals surface area (Å²) in [5.41, 5.74) is 13.4. The number of hydrogen-bond donors (Lipinski definition) is 4. The minimum absolute atomic E-state index is 0.0310. The summed E-state index contributed by atoms with van der Waals surface area (Å²) in [6.45, 7) is 0.731. The highest BCUT2D eigenvalue weighted by Crippen LogP contribution is 2.21. The average Bonchev–Trinajstić information content (AvgIpc) is 2.53. The Bertz CT molecular complexity index is 593. The summed E-state index contributed by atoms with van der Waals surface area (Å²) in [6.07, 6.45) is 0. The van der Waals surface area contributed by atoms with Gasteiger partial charge in [0.05, 0.1) is 24.6 Å². The molecule has 0 unspecified atom stereocenters. The molecule has 2 aromatic rings. The van der Waals surface area contributed by atoms with E-state index in [2.05, 4.69) is 0 Å². The van der Waals surface area contributed by atoms with E-state index in [1.165, 1.54) is 6.07 Å². The van der Waals surface area contributed by atoms with E-state index in [0.717, 1.165) is 11.1 Å². The molecule has 0 aliphatic carbocycles. The first-order chi connectivity index (χ1) is 11.1. The van der Waals surface area contributed by atoms with E-state index in [0.29, 0.717) is 24.6 Å². The van der Waals surface area contributed by atoms with Crippen molar-refractivity contribution >= 4 is 11.4 Å². The lowest BCUT2D eigenvalue weighted by Crippen LogP contribution is -2.05. The van der Waals surface area contributed by atoms with Gasteiger partial charge in [-0.3, -0.25) is 0 Å². The zero-order chi connectivity index (χ0) is 16.7. The molecule has 2 aromatic carbocycles. The van der Waals surface area contributed by atoms with Crippen LogP contribution in [0.1, 0.15) is 11.1 Å². The molecule has 0 spiro atoms. The van der Waals surface area contributed by atoms with Crippen molar-refractivity contribution in [3.8, 4) is 11.5 Å². The van der Waals surface area contributed by atoms with Crippen LogP contribution < -0.4 is 11.5 Å². The zero-order valence-corrected chi connectivity index (χ0v) is 12.6. The van der Waals surface area contributed by atoms with Crippen molar-refractivity contribution in [2.24, 2.45) is 0 Å². The fourth-order valence-corrected chi connectivity index (χ4v) is 1.84. The van der Waals surface area contributed by atoms with Crippen LogP contribution >= 0.6 is 0 Å². The summed E-state index contributed by atoms with van der Waals surface area (Å²) >= 11 is 0. The fourth-order valence-electron chi connectivity index (χ4n) is 1.84. The second-order valence-electron chi connectivity index (χ2n) is 4.92. The number of phenolic OH excluding ortho intramolecular Hbond substituents is 2. The normalized spacial score (nSPS) is 10.8. The molecule has 7 nitrogen and oxygen atoms in total. The molecule has 7 heteroatoms. The van der Waals surface area contributed by atoms with Crippen LogP contribution in [0, 0.1) is 0 Å². The quantitative estimate of drug-likeness (QED) is 0.254. The van der Waals surface area contributed by atoms with E-state index in [9.17, 15) is 10.2 Å². The molecule has 0 amide bonds. The van der Waals surface area contributed by atoms with Crippen LogP contribution in [0.4, 0.5) is 11.4 Å². The highest BCUT2D eigenvalue weighted by atomic mass is 16.7. The SMILES string of the molecule is Nc1cc(COCOCOCc2ccc(N)c(O)c2)ccc1O. The third-order valence-electron chi connectivity index (χ3n) is 3.06. The lowest BCUT2D eigenvalue weighted by molar-refractivity contribution is -0.139. The molecule has 0 radical (unpaired) electrons. The summed E-state index contributed by atoms with van der Waals surface area (Å²) in [7, 11) is 0. The van der Waals surface area contributed by atoms with Crippen LogP contribution in [0.25, 0.3) is 0 Å². The Morgan fingerprint density at radius 3 is 1.91 bits per heavy atom. The van der Waals surface area contributed by atoms with Gasteiger partial charge in [-0.05, 0) is 35.4 Å². The lowest BCUT2D eigenvalue weighted by Gasteiger charge is -2.08. The van der Waals surface area contributed by atoms with Gasteiger partial charge in [0.25, 0.3) is 0 Å². The highest BCUT2D eigenvalue weighted by molar-refractivity contribution is 5.53. The second-order valence-corrected chi connectivity index (χ2v) is 4.92. The third kappa shape index (κ3) is 5.33. The first-order valence-corrected chi connectivity index (χ1v) is 6.94. The number of rotatable bonds is 8. The topological polar surface area (TPSA) is 120 Å². The van der Waals surface area contributed by atoms with Gasteiger partial charge in [0.2, 0.25) is 0 Å². The summed E-state index contributed by atoms with van der Waals surface area (Å²) in [5, 5.41) is 18.8. The number of aromatic hydroxyl groups is 2. The third-order valence-corrected chi connectivity index (χ3v) is 3.06. The summed E-state index contributed by atoms with van der Waals surface area (Å²) in [4.78, 5) is 0. The van der Waals surface area contributed by atoms with Crippen molar-refractivity contribution in [1.82, 2.24) is 0 Å². The molecular weight excluding hydrogens is 300 g/mol. The predicted molar refractivity (Wildman–Crippen MR) is 85.4 cm³/mol. The molecule has 0 aromatic heterocycles. The van der Waals surface area contributed by atoms with Gasteiger partial charge in [0.15, 0.2) is 0 Å². The van der Waals surface area contributed by atoms with Crippen LogP contribution in [-0.4, -0.2) is 23.8 Å². The monoisotopic (exact) mass is 320 g/mol. The van der Waals surface area contributed by atoms with Gasteiger partial charge < -0.3 is 35.9 Å². The smallest absolute Gasteiger partial charge is 0.150 e. The van der Waals surface area contributed by atoms with Gasteiger partial charge in [-0.25, -0.2) is 0 Å². The van der Waals surface area contributed by atoms with Gasteiger partial charge in [0, 0.05) is 0 Å². The molecule has 6 N–H and O–H groups in total. The van der Waals surface area contributed by atoms with Gasteiger partial charge >= 0.3 is 0 Å². The minimum atomic E-state index is 0.0310. The first-order valence-electron chi connectivity index (χ1n) is 6.94.